The van der Waals surface area contributed by atoms with Gasteiger partial charge in [-0.2, -0.15) is 4.99 Å². The first-order valence-electron chi connectivity index (χ1n) is 8.58. The van der Waals surface area contributed by atoms with Gasteiger partial charge < -0.3 is 4.90 Å². The number of amides is 1. The van der Waals surface area contributed by atoms with E-state index in [0.717, 1.165) is 23.2 Å². The minimum Gasteiger partial charge on any atom is -0.315 e. The molecule has 2 fully saturated rings. The maximum Gasteiger partial charge on any atom is 0.250 e. The molecule has 2 saturated heterocycles. The number of rotatable bonds is 3. The number of hydrogen-bond donors (Lipinski definition) is 0. The van der Waals surface area contributed by atoms with Crippen LogP contribution in [0.3, 0.4) is 0 Å². The Bertz CT molecular complexity index is 812. The van der Waals surface area contributed by atoms with Gasteiger partial charge in [0.1, 0.15) is 0 Å². The number of carbonyl (C=O) groups is 1. The van der Waals surface area contributed by atoms with Gasteiger partial charge >= 0.3 is 0 Å². The Morgan fingerprint density at radius 1 is 1.32 bits per heavy atom. The van der Waals surface area contributed by atoms with Gasteiger partial charge in [-0.25, -0.2) is 8.42 Å². The van der Waals surface area contributed by atoms with E-state index < -0.39 is 9.84 Å². The first-order valence-corrected chi connectivity index (χ1v) is 11.3. The van der Waals surface area contributed by atoms with Crippen molar-refractivity contribution in [2.75, 3.05) is 16.4 Å². The van der Waals surface area contributed by atoms with Crippen LogP contribution in [0.2, 0.25) is 0 Å². The van der Waals surface area contributed by atoms with Gasteiger partial charge in [-0.05, 0) is 31.4 Å². The van der Waals surface area contributed by atoms with Crippen molar-refractivity contribution in [1.82, 2.24) is 0 Å². The van der Waals surface area contributed by atoms with Gasteiger partial charge in [-0.15, -0.1) is 0 Å². The molecule has 1 aromatic carbocycles. The van der Waals surface area contributed by atoms with Crippen molar-refractivity contribution in [3.63, 3.8) is 0 Å². The van der Waals surface area contributed by atoms with E-state index in [0.29, 0.717) is 5.17 Å². The number of sulfone groups is 1. The molecule has 25 heavy (non-hydrogen) atoms. The molecule has 0 aliphatic carbocycles. The van der Waals surface area contributed by atoms with Crippen LogP contribution in [0.5, 0.6) is 0 Å². The summed E-state index contributed by atoms with van der Waals surface area (Å²) in [5, 5.41) is 0.583. The van der Waals surface area contributed by atoms with E-state index in [2.05, 4.69) is 4.99 Å². The van der Waals surface area contributed by atoms with Gasteiger partial charge in [0.25, 0.3) is 5.91 Å². The average molecular weight is 381 g/mol. The number of hydrogen-bond acceptors (Lipinski definition) is 4. The highest BCUT2D eigenvalue weighted by atomic mass is 32.2. The van der Waals surface area contributed by atoms with Crippen LogP contribution in [-0.2, 0) is 14.6 Å². The second-order valence-corrected chi connectivity index (χ2v) is 10.3. The van der Waals surface area contributed by atoms with Crippen LogP contribution < -0.4 is 4.90 Å². The van der Waals surface area contributed by atoms with E-state index in [1.165, 1.54) is 11.8 Å². The third-order valence-electron chi connectivity index (χ3n) is 4.99. The van der Waals surface area contributed by atoms with Crippen LogP contribution in [-0.4, -0.2) is 42.3 Å². The Balaban J connectivity index is 2.07. The van der Waals surface area contributed by atoms with Gasteiger partial charge in [0.2, 0.25) is 0 Å². The third kappa shape index (κ3) is 3.49. The number of amidine groups is 1. The molecule has 0 N–H and O–H groups in total. The number of thioether (sulfide) groups is 1. The molecule has 1 aromatic rings. The van der Waals surface area contributed by atoms with Crippen molar-refractivity contribution >= 4 is 38.4 Å². The highest BCUT2D eigenvalue weighted by molar-refractivity contribution is 8.16. The van der Waals surface area contributed by atoms with E-state index in [1.807, 2.05) is 50.8 Å². The number of anilines is 1. The fraction of sp³-hybridized carbons (Fsp3) is 0.556. The molecule has 5 nitrogen and oxygen atoms in total. The summed E-state index contributed by atoms with van der Waals surface area (Å²) in [5.74, 6) is 0.0103. The number of nitrogens with zero attached hydrogens (tertiary/aromatic N) is 2. The number of fused-ring (bicyclic) bond motifs is 1. The quantitative estimate of drug-likeness (QED) is 0.806. The van der Waals surface area contributed by atoms with Crippen LogP contribution >= 0.6 is 11.8 Å². The number of aliphatic imine (C=N–C) groups is 1. The van der Waals surface area contributed by atoms with Gasteiger partial charge in [-0.1, -0.05) is 43.8 Å². The number of para-hydroxylation sites is 1. The van der Waals surface area contributed by atoms with Crippen LogP contribution in [0.4, 0.5) is 5.69 Å². The van der Waals surface area contributed by atoms with Crippen LogP contribution in [0.15, 0.2) is 23.2 Å². The highest BCUT2D eigenvalue weighted by Gasteiger charge is 2.50. The van der Waals surface area contributed by atoms with Crippen molar-refractivity contribution in [3.05, 3.63) is 29.3 Å². The Labute approximate surface area is 153 Å². The smallest absolute Gasteiger partial charge is 0.250 e. The van der Waals surface area contributed by atoms with E-state index >= 15 is 0 Å². The Morgan fingerprint density at radius 3 is 2.56 bits per heavy atom. The van der Waals surface area contributed by atoms with E-state index in [4.69, 9.17) is 0 Å². The van der Waals surface area contributed by atoms with Gasteiger partial charge in [0.05, 0.1) is 17.5 Å². The van der Waals surface area contributed by atoms with Crippen molar-refractivity contribution in [2.45, 2.75) is 45.4 Å². The van der Waals surface area contributed by atoms with Gasteiger partial charge in [0.15, 0.2) is 15.0 Å². The minimum atomic E-state index is -3.05. The summed E-state index contributed by atoms with van der Waals surface area (Å²) in [6, 6.07) is 5.86. The molecule has 2 aliphatic heterocycles. The Kier molecular flexibility index (Phi) is 4.99. The first kappa shape index (κ1) is 18.5. The average Bonchev–Trinajstić information content (AvgIpc) is 2.98. The second kappa shape index (κ2) is 6.76. The Hall–Kier alpha value is -1.34. The molecule has 0 bridgehead atoms. The monoisotopic (exact) mass is 380 g/mol. The molecule has 0 aromatic heterocycles. The lowest BCUT2D eigenvalue weighted by Gasteiger charge is -2.28. The third-order valence-corrected chi connectivity index (χ3v) is 8.20. The molecule has 0 spiro atoms. The van der Waals surface area contributed by atoms with Gasteiger partial charge in [0, 0.05) is 16.9 Å². The van der Waals surface area contributed by atoms with E-state index in [9.17, 15) is 13.2 Å². The number of benzene rings is 1. The fourth-order valence-electron chi connectivity index (χ4n) is 3.39. The highest BCUT2D eigenvalue weighted by Crippen LogP contribution is 2.43. The molecule has 3 rings (SSSR count). The molecule has 0 saturated carbocycles. The molecule has 7 heteroatoms. The van der Waals surface area contributed by atoms with Crippen LogP contribution in [0.25, 0.3) is 0 Å². The van der Waals surface area contributed by atoms with Crippen molar-refractivity contribution in [2.24, 2.45) is 10.9 Å². The van der Waals surface area contributed by atoms with Crippen LogP contribution in [0.1, 0.15) is 31.4 Å². The molecular formula is C18H24N2O3S2. The summed E-state index contributed by atoms with van der Waals surface area (Å²) in [5.41, 5.74) is 3.11. The zero-order chi connectivity index (χ0) is 18.4. The normalized spacial score (nSPS) is 27.5. The lowest BCUT2D eigenvalue weighted by atomic mass is 10.1. The van der Waals surface area contributed by atoms with Crippen molar-refractivity contribution < 1.29 is 13.2 Å². The topological polar surface area (TPSA) is 66.8 Å². The summed E-state index contributed by atoms with van der Waals surface area (Å²) in [7, 11) is -3.05. The predicted octanol–water partition coefficient (Wildman–Crippen LogP) is 2.95. The maximum atomic E-state index is 12.4. The molecule has 1 amide bonds. The van der Waals surface area contributed by atoms with E-state index in [1.54, 1.807) is 0 Å². The van der Waals surface area contributed by atoms with Crippen LogP contribution in [0, 0.1) is 19.8 Å². The Morgan fingerprint density at radius 2 is 1.96 bits per heavy atom. The lowest BCUT2D eigenvalue weighted by molar-refractivity contribution is -0.121. The zero-order valence-corrected chi connectivity index (χ0v) is 16.7. The summed E-state index contributed by atoms with van der Waals surface area (Å²) >= 11 is 1.44. The first-order chi connectivity index (χ1) is 11.7. The molecule has 3 atom stereocenters. The minimum absolute atomic E-state index is 0.0625. The summed E-state index contributed by atoms with van der Waals surface area (Å²) in [6.45, 7) is 7.87. The summed E-state index contributed by atoms with van der Waals surface area (Å²) in [6.07, 6.45) is 0.741. The van der Waals surface area contributed by atoms with Crippen molar-refractivity contribution in [1.29, 1.82) is 0 Å². The SMILES string of the molecule is CC[C@@H](C)C(=O)N=C1S[C@H]2CS(=O)(=O)C[C@@H]2N1c1c(C)cccc1C. The molecule has 136 valence electrons. The molecule has 0 radical (unpaired) electrons. The van der Waals surface area contributed by atoms with Gasteiger partial charge in [-0.3, -0.25) is 4.79 Å². The number of carbonyl (C=O) groups excluding carboxylic acids is 1. The lowest BCUT2D eigenvalue weighted by Crippen LogP contribution is -2.38. The molecular weight excluding hydrogens is 356 g/mol. The summed E-state index contributed by atoms with van der Waals surface area (Å²) < 4.78 is 24.3. The molecule has 0 unspecified atom stereocenters. The summed E-state index contributed by atoms with van der Waals surface area (Å²) in [4.78, 5) is 18.8. The van der Waals surface area contributed by atoms with E-state index in [-0.39, 0.29) is 34.6 Å². The van der Waals surface area contributed by atoms with Crippen molar-refractivity contribution in [3.8, 4) is 0 Å². The number of aryl methyl sites for hydroxylation is 2. The second-order valence-electron chi connectivity index (χ2n) is 6.95. The largest absolute Gasteiger partial charge is 0.315 e. The fourth-order valence-corrected chi connectivity index (χ4v) is 7.30. The standard InChI is InChI=1S/C18H24N2O3S2/c1-5-11(2)17(21)19-18-20(16-12(3)7-6-8-13(16)4)14-9-25(22,23)10-15(14)24-18/h6-8,11,14-15H,5,9-10H2,1-4H3/t11-,14+,15+/m1/s1. The maximum absolute atomic E-state index is 12.4. The predicted molar refractivity (Wildman–Crippen MR) is 104 cm³/mol. The molecule has 2 aliphatic rings. The zero-order valence-electron chi connectivity index (χ0n) is 15.0. The molecule has 2 heterocycles.